The molecule has 1 heterocycles. The van der Waals surface area contributed by atoms with E-state index in [1.165, 1.54) is 0 Å². The van der Waals surface area contributed by atoms with E-state index in [0.717, 1.165) is 14.5 Å². The molecular formula is C13H10Br2N2O. The minimum Gasteiger partial charge on any atom is -0.309 e. The molecule has 3 nitrogen and oxygen atoms in total. The number of anilines is 1. The molecule has 2 rings (SSSR count). The molecule has 0 fully saturated rings. The molecule has 0 aliphatic carbocycles. The number of hydrogen-bond acceptors (Lipinski definition) is 2. The first kappa shape index (κ1) is 13.2. The smallest absolute Gasteiger partial charge is 0.229 e. The summed E-state index contributed by atoms with van der Waals surface area (Å²) in [6.07, 6.45) is 1.96. The third-order valence-electron chi connectivity index (χ3n) is 2.27. The number of benzene rings is 1. The van der Waals surface area contributed by atoms with Crippen LogP contribution in [0.1, 0.15) is 5.56 Å². The van der Waals surface area contributed by atoms with Gasteiger partial charge in [-0.05, 0) is 45.8 Å². The molecule has 0 atom stereocenters. The highest BCUT2D eigenvalue weighted by atomic mass is 79.9. The standard InChI is InChI=1S/C13H10Br2N2O/c14-10-4-1-3-9(7-10)8-12(18)17-13-11(15)5-2-6-16-13/h1-7H,8H2,(H,16,17,18). The van der Waals surface area contributed by atoms with Gasteiger partial charge in [0.15, 0.2) is 0 Å². The van der Waals surface area contributed by atoms with Crippen LogP contribution in [-0.2, 0) is 11.2 Å². The summed E-state index contributed by atoms with van der Waals surface area (Å²) in [4.78, 5) is 15.9. The van der Waals surface area contributed by atoms with Gasteiger partial charge in [0.1, 0.15) is 5.82 Å². The van der Waals surface area contributed by atoms with Gasteiger partial charge in [0, 0.05) is 10.7 Å². The summed E-state index contributed by atoms with van der Waals surface area (Å²) in [6.45, 7) is 0. The third-order valence-corrected chi connectivity index (χ3v) is 3.40. The Kier molecular flexibility index (Phi) is 4.49. The highest BCUT2D eigenvalue weighted by Crippen LogP contribution is 2.19. The maximum absolute atomic E-state index is 11.9. The van der Waals surface area contributed by atoms with Crippen LogP contribution in [0.2, 0.25) is 0 Å². The lowest BCUT2D eigenvalue weighted by Crippen LogP contribution is -2.15. The molecule has 1 aromatic heterocycles. The van der Waals surface area contributed by atoms with Crippen LogP contribution in [0.25, 0.3) is 0 Å². The minimum absolute atomic E-state index is 0.0903. The normalized spacial score (nSPS) is 10.1. The van der Waals surface area contributed by atoms with Crippen LogP contribution in [0.3, 0.4) is 0 Å². The molecule has 0 spiro atoms. The Morgan fingerprint density at radius 1 is 1.22 bits per heavy atom. The molecule has 92 valence electrons. The van der Waals surface area contributed by atoms with Crippen molar-refractivity contribution in [3.63, 3.8) is 0 Å². The van der Waals surface area contributed by atoms with Crippen LogP contribution in [0, 0.1) is 0 Å². The Labute approximate surface area is 122 Å². The van der Waals surface area contributed by atoms with E-state index in [9.17, 15) is 4.79 Å². The van der Waals surface area contributed by atoms with Crippen LogP contribution >= 0.6 is 31.9 Å². The third kappa shape index (κ3) is 3.65. The number of hydrogen-bond donors (Lipinski definition) is 1. The van der Waals surface area contributed by atoms with Gasteiger partial charge in [-0.25, -0.2) is 4.98 Å². The summed E-state index contributed by atoms with van der Waals surface area (Å²) < 4.78 is 1.74. The van der Waals surface area contributed by atoms with Crippen LogP contribution in [0.15, 0.2) is 51.5 Å². The lowest BCUT2D eigenvalue weighted by Gasteiger charge is -2.06. The van der Waals surface area contributed by atoms with Crippen molar-refractivity contribution in [1.29, 1.82) is 0 Å². The summed E-state index contributed by atoms with van der Waals surface area (Å²) in [5.74, 6) is 0.449. The summed E-state index contributed by atoms with van der Waals surface area (Å²) in [7, 11) is 0. The van der Waals surface area contributed by atoms with Crippen molar-refractivity contribution in [1.82, 2.24) is 4.98 Å². The van der Waals surface area contributed by atoms with E-state index in [0.29, 0.717) is 12.2 Å². The molecule has 5 heteroatoms. The largest absolute Gasteiger partial charge is 0.309 e. The molecule has 1 aromatic carbocycles. The van der Waals surface area contributed by atoms with Gasteiger partial charge in [0.25, 0.3) is 0 Å². The number of halogens is 2. The number of carbonyl (C=O) groups is 1. The van der Waals surface area contributed by atoms with Crippen LogP contribution in [0.4, 0.5) is 5.82 Å². The fourth-order valence-electron chi connectivity index (χ4n) is 1.49. The predicted molar refractivity (Wildman–Crippen MR) is 78.4 cm³/mol. The lowest BCUT2D eigenvalue weighted by atomic mass is 10.1. The molecule has 0 unspecified atom stereocenters. The molecular weight excluding hydrogens is 360 g/mol. The second kappa shape index (κ2) is 6.11. The summed E-state index contributed by atoms with van der Waals surface area (Å²) in [5.41, 5.74) is 0.953. The second-order valence-corrected chi connectivity index (χ2v) is 5.46. The van der Waals surface area contributed by atoms with E-state index in [1.54, 1.807) is 12.3 Å². The molecule has 1 N–H and O–H groups in total. The van der Waals surface area contributed by atoms with Crippen molar-refractivity contribution in [3.8, 4) is 0 Å². The van der Waals surface area contributed by atoms with Crippen molar-refractivity contribution in [3.05, 3.63) is 57.1 Å². The van der Waals surface area contributed by atoms with E-state index in [-0.39, 0.29) is 5.91 Å². The zero-order chi connectivity index (χ0) is 13.0. The average molecular weight is 370 g/mol. The van der Waals surface area contributed by atoms with E-state index in [2.05, 4.69) is 42.2 Å². The Morgan fingerprint density at radius 2 is 2.06 bits per heavy atom. The first-order valence-corrected chi connectivity index (χ1v) is 6.88. The molecule has 0 aliphatic heterocycles. The monoisotopic (exact) mass is 368 g/mol. The molecule has 0 bridgehead atoms. The average Bonchev–Trinajstić information content (AvgIpc) is 2.32. The van der Waals surface area contributed by atoms with Crippen LogP contribution in [-0.4, -0.2) is 10.9 Å². The number of rotatable bonds is 3. The molecule has 18 heavy (non-hydrogen) atoms. The van der Waals surface area contributed by atoms with Gasteiger partial charge in [-0.3, -0.25) is 4.79 Å². The Balaban J connectivity index is 2.03. The fraction of sp³-hybridized carbons (Fsp3) is 0.0769. The fourth-order valence-corrected chi connectivity index (χ4v) is 2.29. The number of nitrogens with one attached hydrogen (secondary N) is 1. The molecule has 1 amide bonds. The number of carbonyl (C=O) groups excluding carboxylic acids is 1. The minimum atomic E-state index is -0.0903. The second-order valence-electron chi connectivity index (χ2n) is 3.69. The van der Waals surface area contributed by atoms with Crippen molar-refractivity contribution < 1.29 is 4.79 Å². The number of nitrogens with zero attached hydrogens (tertiary/aromatic N) is 1. The van der Waals surface area contributed by atoms with E-state index in [4.69, 9.17) is 0 Å². The number of amides is 1. The Hall–Kier alpha value is -1.20. The Bertz CT molecular complexity index is 572. The summed E-state index contributed by atoms with van der Waals surface area (Å²) >= 11 is 6.72. The molecule has 2 aromatic rings. The number of pyridine rings is 1. The predicted octanol–water partition coefficient (Wildman–Crippen LogP) is 3.79. The zero-order valence-corrected chi connectivity index (χ0v) is 12.5. The van der Waals surface area contributed by atoms with E-state index >= 15 is 0 Å². The highest BCUT2D eigenvalue weighted by Gasteiger charge is 2.07. The lowest BCUT2D eigenvalue weighted by molar-refractivity contribution is -0.115. The SMILES string of the molecule is O=C(Cc1cccc(Br)c1)Nc1ncccc1Br. The molecule has 0 aliphatic rings. The van der Waals surface area contributed by atoms with Gasteiger partial charge in [0.2, 0.25) is 5.91 Å². The summed E-state index contributed by atoms with van der Waals surface area (Å²) in [6, 6.07) is 11.3. The first-order valence-electron chi connectivity index (χ1n) is 5.30. The van der Waals surface area contributed by atoms with Crippen molar-refractivity contribution in [2.45, 2.75) is 6.42 Å². The number of aromatic nitrogens is 1. The van der Waals surface area contributed by atoms with Gasteiger partial charge in [-0.15, -0.1) is 0 Å². The molecule has 0 saturated heterocycles. The van der Waals surface area contributed by atoms with E-state index < -0.39 is 0 Å². The zero-order valence-electron chi connectivity index (χ0n) is 9.36. The van der Waals surface area contributed by atoms with Crippen molar-refractivity contribution in [2.24, 2.45) is 0 Å². The van der Waals surface area contributed by atoms with Gasteiger partial charge in [0.05, 0.1) is 10.9 Å². The van der Waals surface area contributed by atoms with Crippen molar-refractivity contribution >= 4 is 43.6 Å². The van der Waals surface area contributed by atoms with Gasteiger partial charge in [-0.2, -0.15) is 0 Å². The topological polar surface area (TPSA) is 42.0 Å². The molecule has 0 saturated carbocycles. The maximum atomic E-state index is 11.9. The van der Waals surface area contributed by atoms with Gasteiger partial charge >= 0.3 is 0 Å². The Morgan fingerprint density at radius 3 is 2.78 bits per heavy atom. The highest BCUT2D eigenvalue weighted by molar-refractivity contribution is 9.10. The maximum Gasteiger partial charge on any atom is 0.229 e. The van der Waals surface area contributed by atoms with Gasteiger partial charge in [-0.1, -0.05) is 28.1 Å². The van der Waals surface area contributed by atoms with Crippen molar-refractivity contribution in [2.75, 3.05) is 5.32 Å². The van der Waals surface area contributed by atoms with Crippen LogP contribution in [0.5, 0.6) is 0 Å². The van der Waals surface area contributed by atoms with Crippen LogP contribution < -0.4 is 5.32 Å². The van der Waals surface area contributed by atoms with Gasteiger partial charge < -0.3 is 5.32 Å². The van der Waals surface area contributed by atoms with E-state index in [1.807, 2.05) is 30.3 Å². The summed E-state index contributed by atoms with van der Waals surface area (Å²) in [5, 5.41) is 2.77. The first-order chi connectivity index (χ1) is 8.65. The molecule has 0 radical (unpaired) electrons. The quantitative estimate of drug-likeness (QED) is 0.894.